The van der Waals surface area contributed by atoms with Gasteiger partial charge in [-0.1, -0.05) is 12.1 Å². The number of aromatic amines is 1. The molecule has 0 amide bonds. The highest BCUT2D eigenvalue weighted by atomic mass is 32.1. The number of H-pyrrole nitrogens is 1. The number of carbonyl (C=O) groups is 2. The molecule has 0 radical (unpaired) electrons. The SMILES string of the molecule is CC(=O)c1ccc2ccn(C(=O)c3ccc(Nc4s[nH]c(=O)c4C(N)=NC(C)CO)cc3N=O)c2c1. The van der Waals surface area contributed by atoms with Crippen molar-refractivity contribution in [1.29, 1.82) is 0 Å². The third-order valence-corrected chi connectivity index (χ3v) is 6.28. The molecule has 2 heterocycles. The Morgan fingerprint density at radius 1 is 1.22 bits per heavy atom. The molecule has 0 fully saturated rings. The predicted molar refractivity (Wildman–Crippen MR) is 139 cm³/mol. The zero-order chi connectivity index (χ0) is 26.0. The van der Waals surface area contributed by atoms with E-state index in [0.717, 1.165) is 16.9 Å². The topological polar surface area (TPSA) is 172 Å². The lowest BCUT2D eigenvalue weighted by Crippen LogP contribution is -2.24. The molecule has 184 valence electrons. The van der Waals surface area contributed by atoms with Crippen LogP contribution in [0.2, 0.25) is 0 Å². The van der Waals surface area contributed by atoms with E-state index >= 15 is 0 Å². The second-order valence-corrected chi connectivity index (χ2v) is 8.87. The lowest BCUT2D eigenvalue weighted by molar-refractivity contribution is 0.0963. The van der Waals surface area contributed by atoms with E-state index in [1.165, 1.54) is 23.6 Å². The summed E-state index contributed by atoms with van der Waals surface area (Å²) in [5.74, 6) is -0.676. The fourth-order valence-corrected chi connectivity index (χ4v) is 4.38. The van der Waals surface area contributed by atoms with Crippen molar-refractivity contribution in [3.63, 3.8) is 0 Å². The number of nitroso groups, excluding NO2 is 1. The Morgan fingerprint density at radius 2 is 2.00 bits per heavy atom. The number of aliphatic hydroxyl groups is 1. The van der Waals surface area contributed by atoms with Crippen LogP contribution in [0.5, 0.6) is 0 Å². The number of Topliss-reactive ketones (excluding diaryl/α,β-unsaturated/α-hetero) is 1. The van der Waals surface area contributed by atoms with Crippen molar-refractivity contribution in [3.05, 3.63) is 80.6 Å². The van der Waals surface area contributed by atoms with Gasteiger partial charge in [0.1, 0.15) is 22.1 Å². The molecule has 4 rings (SSSR count). The van der Waals surface area contributed by atoms with Crippen LogP contribution < -0.4 is 16.6 Å². The predicted octanol–water partition coefficient (Wildman–Crippen LogP) is 3.51. The van der Waals surface area contributed by atoms with E-state index in [1.807, 2.05) is 0 Å². The van der Waals surface area contributed by atoms with Crippen molar-refractivity contribution >= 4 is 56.3 Å². The van der Waals surface area contributed by atoms with Gasteiger partial charge < -0.3 is 16.2 Å². The number of nitrogens with one attached hydrogen (secondary N) is 2. The average Bonchev–Trinajstić information content (AvgIpc) is 3.46. The van der Waals surface area contributed by atoms with Crippen molar-refractivity contribution in [2.24, 2.45) is 15.9 Å². The van der Waals surface area contributed by atoms with Gasteiger partial charge in [0.2, 0.25) is 0 Å². The standard InChI is InChI=1S/C24H22N6O5S/c1-12(11-31)26-21(25)20-22(33)29-36-23(20)27-16-5-6-17(18(10-16)28-35)24(34)30-8-7-14-3-4-15(13(2)32)9-19(14)30/h3-10,12,27,31H,11H2,1-2H3,(H2,25,26)(H,29,33). The molecule has 2 aromatic carbocycles. The maximum atomic E-state index is 13.3. The number of ketones is 1. The number of hydrogen-bond donors (Lipinski definition) is 4. The first-order valence-electron chi connectivity index (χ1n) is 10.8. The van der Waals surface area contributed by atoms with Crippen LogP contribution in [0, 0.1) is 4.91 Å². The molecule has 0 aliphatic carbocycles. The highest BCUT2D eigenvalue weighted by Gasteiger charge is 2.20. The second-order valence-electron chi connectivity index (χ2n) is 8.05. The molecule has 0 saturated heterocycles. The Hall–Kier alpha value is -4.42. The summed E-state index contributed by atoms with van der Waals surface area (Å²) in [5.41, 5.74) is 6.92. The Bertz CT molecular complexity index is 1580. The van der Waals surface area contributed by atoms with Crippen LogP contribution in [0.25, 0.3) is 10.9 Å². The number of aromatic nitrogens is 2. The van der Waals surface area contributed by atoms with E-state index in [9.17, 15) is 24.4 Å². The summed E-state index contributed by atoms with van der Waals surface area (Å²) in [5, 5.41) is 16.3. The molecule has 36 heavy (non-hydrogen) atoms. The van der Waals surface area contributed by atoms with Crippen molar-refractivity contribution in [3.8, 4) is 0 Å². The van der Waals surface area contributed by atoms with Crippen LogP contribution in [-0.4, -0.2) is 44.2 Å². The summed E-state index contributed by atoms with van der Waals surface area (Å²) in [7, 11) is 0. The number of amidine groups is 1. The molecule has 2 aromatic heterocycles. The van der Waals surface area contributed by atoms with E-state index in [-0.39, 0.29) is 35.0 Å². The molecule has 0 spiro atoms. The number of fused-ring (bicyclic) bond motifs is 1. The summed E-state index contributed by atoms with van der Waals surface area (Å²) < 4.78 is 3.93. The van der Waals surface area contributed by atoms with Gasteiger partial charge in [-0.2, -0.15) is 0 Å². The highest BCUT2D eigenvalue weighted by molar-refractivity contribution is 7.10. The summed E-state index contributed by atoms with van der Waals surface area (Å²) in [6, 6.07) is 10.7. The lowest BCUT2D eigenvalue weighted by Gasteiger charge is -2.10. The van der Waals surface area contributed by atoms with Gasteiger partial charge in [-0.25, -0.2) is 0 Å². The first kappa shape index (κ1) is 24.7. The number of nitrogens with zero attached hydrogens (tertiary/aromatic N) is 3. The van der Waals surface area contributed by atoms with Crippen LogP contribution in [-0.2, 0) is 0 Å². The molecule has 1 atom stereocenters. The average molecular weight is 507 g/mol. The zero-order valence-corrected chi connectivity index (χ0v) is 20.1. The van der Waals surface area contributed by atoms with Crippen molar-refractivity contribution < 1.29 is 14.7 Å². The first-order valence-corrected chi connectivity index (χ1v) is 11.6. The monoisotopic (exact) mass is 506 g/mol. The molecule has 0 bridgehead atoms. The minimum absolute atomic E-state index is 0.0495. The quantitative estimate of drug-likeness (QED) is 0.122. The van der Waals surface area contributed by atoms with Gasteiger partial charge in [-0.15, -0.1) is 4.91 Å². The molecular weight excluding hydrogens is 484 g/mol. The van der Waals surface area contributed by atoms with Gasteiger partial charge in [0.05, 0.1) is 23.7 Å². The Labute approximate surface area is 208 Å². The van der Waals surface area contributed by atoms with E-state index in [1.54, 1.807) is 43.5 Å². The van der Waals surface area contributed by atoms with Gasteiger partial charge in [-0.3, -0.25) is 28.3 Å². The normalized spacial score (nSPS) is 12.5. The number of aliphatic hydroxyl groups excluding tert-OH is 1. The number of benzene rings is 2. The van der Waals surface area contributed by atoms with Crippen molar-refractivity contribution in [2.45, 2.75) is 19.9 Å². The van der Waals surface area contributed by atoms with Crippen LogP contribution in [0.1, 0.15) is 40.1 Å². The van der Waals surface area contributed by atoms with Crippen molar-refractivity contribution in [2.75, 3.05) is 11.9 Å². The maximum absolute atomic E-state index is 13.3. The number of nitrogens with two attached hydrogens (primary N) is 1. The smallest absolute Gasteiger partial charge is 0.271 e. The fourth-order valence-electron chi connectivity index (χ4n) is 3.62. The third-order valence-electron chi connectivity index (χ3n) is 5.48. The maximum Gasteiger partial charge on any atom is 0.271 e. The Morgan fingerprint density at radius 3 is 2.69 bits per heavy atom. The van der Waals surface area contributed by atoms with Crippen molar-refractivity contribution in [1.82, 2.24) is 8.94 Å². The van der Waals surface area contributed by atoms with Crippen LogP contribution >= 0.6 is 11.5 Å². The first-order chi connectivity index (χ1) is 17.2. The zero-order valence-electron chi connectivity index (χ0n) is 19.3. The molecule has 1 unspecified atom stereocenters. The van der Waals surface area contributed by atoms with Gasteiger partial charge in [0.25, 0.3) is 11.5 Å². The highest BCUT2D eigenvalue weighted by Crippen LogP contribution is 2.30. The number of rotatable bonds is 8. The molecule has 12 heteroatoms. The molecule has 5 N–H and O–H groups in total. The Balaban J connectivity index is 1.68. The second kappa shape index (κ2) is 10.1. The summed E-state index contributed by atoms with van der Waals surface area (Å²) in [4.78, 5) is 53.1. The molecular formula is C24H22N6O5S. The molecule has 4 aromatic rings. The minimum atomic E-state index is -0.496. The third kappa shape index (κ3) is 4.72. The summed E-state index contributed by atoms with van der Waals surface area (Å²) >= 11 is 0.982. The minimum Gasteiger partial charge on any atom is -0.394 e. The summed E-state index contributed by atoms with van der Waals surface area (Å²) in [6.45, 7) is 2.85. The lowest BCUT2D eigenvalue weighted by atomic mass is 10.1. The largest absolute Gasteiger partial charge is 0.394 e. The van der Waals surface area contributed by atoms with Crippen LogP contribution in [0.3, 0.4) is 0 Å². The van der Waals surface area contributed by atoms with E-state index < -0.39 is 17.5 Å². The van der Waals surface area contributed by atoms with E-state index in [0.29, 0.717) is 21.8 Å². The molecule has 0 saturated carbocycles. The fraction of sp³-hybridized carbons (Fsp3) is 0.167. The number of carbonyl (C=O) groups excluding carboxylic acids is 2. The van der Waals surface area contributed by atoms with Crippen LogP contribution in [0.4, 0.5) is 16.4 Å². The van der Waals surface area contributed by atoms with Gasteiger partial charge in [0.15, 0.2) is 5.78 Å². The Kier molecular flexibility index (Phi) is 6.90. The summed E-state index contributed by atoms with van der Waals surface area (Å²) in [6.07, 6.45) is 1.57. The number of hydrogen-bond acceptors (Lipinski definition) is 9. The van der Waals surface area contributed by atoms with Crippen LogP contribution in [0.15, 0.2) is 63.6 Å². The van der Waals surface area contributed by atoms with Gasteiger partial charge in [0, 0.05) is 22.8 Å². The van der Waals surface area contributed by atoms with Gasteiger partial charge in [-0.05, 0) is 60.9 Å². The van der Waals surface area contributed by atoms with E-state index in [2.05, 4.69) is 19.9 Å². The van der Waals surface area contributed by atoms with E-state index in [4.69, 9.17) is 5.73 Å². The number of aliphatic imine (C=N–C) groups is 1. The molecule has 0 aliphatic rings. The molecule has 0 aliphatic heterocycles. The molecule has 11 nitrogen and oxygen atoms in total. The number of anilines is 2. The van der Waals surface area contributed by atoms with Gasteiger partial charge >= 0.3 is 0 Å².